The van der Waals surface area contributed by atoms with Crippen LogP contribution in [0.25, 0.3) is 0 Å². The number of carbonyl (C=O) groups excluding carboxylic acids is 1. The van der Waals surface area contributed by atoms with Gasteiger partial charge in [0.2, 0.25) is 0 Å². The molecule has 0 spiro atoms. The molecule has 0 aromatic heterocycles. The van der Waals surface area contributed by atoms with Gasteiger partial charge in [-0.1, -0.05) is 142 Å². The molecule has 0 bridgehead atoms. The predicted octanol–water partition coefficient (Wildman–Crippen LogP) is 9.40. The van der Waals surface area contributed by atoms with Crippen molar-refractivity contribution in [2.75, 3.05) is 7.11 Å². The molecule has 180 valence electrons. The van der Waals surface area contributed by atoms with Crippen molar-refractivity contribution in [3.8, 4) is 0 Å². The van der Waals surface area contributed by atoms with Gasteiger partial charge < -0.3 is 4.74 Å². The van der Waals surface area contributed by atoms with Gasteiger partial charge in [0, 0.05) is 0 Å². The summed E-state index contributed by atoms with van der Waals surface area (Å²) in [5.74, 6) is -0.0847. The Morgan fingerprint density at radius 1 is 0.600 bits per heavy atom. The van der Waals surface area contributed by atoms with E-state index in [1.807, 2.05) is 0 Å². The average molecular weight is 443 g/mol. The lowest BCUT2D eigenvalue weighted by molar-refractivity contribution is -0.140. The molecule has 0 radical (unpaired) electrons. The maximum absolute atomic E-state index is 11.2. The van der Waals surface area contributed by atoms with Gasteiger partial charge in [-0.3, -0.25) is 4.79 Å². The summed E-state index contributed by atoms with van der Waals surface area (Å²) in [6, 6.07) is 0. The van der Waals surface area contributed by atoms with Crippen molar-refractivity contribution in [2.45, 2.75) is 160 Å². The second-order valence-electron chi connectivity index (χ2n) is 9.40. The summed E-state index contributed by atoms with van der Waals surface area (Å²) in [5.41, 5.74) is 0.387. The first kappa shape index (κ1) is 29.9. The minimum Gasteiger partial charge on any atom is -0.469 e. The number of unbranched alkanes of at least 4 members (excludes halogenated alkanes) is 20. The summed E-state index contributed by atoms with van der Waals surface area (Å²) in [5, 5.41) is 0. The summed E-state index contributed by atoms with van der Waals surface area (Å²) in [7, 11) is 4.26. The zero-order chi connectivity index (χ0) is 22.1. The molecule has 2 unspecified atom stereocenters. The zero-order valence-corrected chi connectivity index (χ0v) is 21.9. The summed E-state index contributed by atoms with van der Waals surface area (Å²) < 4.78 is 4.72. The molecule has 0 aromatic rings. The SMILES string of the molecule is CCCCCCCCCCCCCCCCCCCCCCCC(P)CC(=O)OC. The van der Waals surface area contributed by atoms with Crippen LogP contribution in [0, 0.1) is 0 Å². The Balaban J connectivity index is 3.09. The van der Waals surface area contributed by atoms with Gasteiger partial charge in [-0.15, -0.1) is 9.24 Å². The molecule has 3 heteroatoms. The quantitative estimate of drug-likeness (QED) is 0.0845. The fourth-order valence-electron chi connectivity index (χ4n) is 4.24. The van der Waals surface area contributed by atoms with E-state index in [1.54, 1.807) is 0 Å². The Hall–Kier alpha value is -0.100. The van der Waals surface area contributed by atoms with Crippen LogP contribution in [0.1, 0.15) is 155 Å². The highest BCUT2D eigenvalue weighted by Gasteiger charge is 2.08. The van der Waals surface area contributed by atoms with Gasteiger partial charge in [0.25, 0.3) is 0 Å². The van der Waals surface area contributed by atoms with Crippen LogP contribution in [0.4, 0.5) is 0 Å². The molecule has 0 aliphatic rings. The highest BCUT2D eigenvalue weighted by molar-refractivity contribution is 7.17. The Morgan fingerprint density at radius 2 is 0.900 bits per heavy atom. The van der Waals surface area contributed by atoms with E-state index >= 15 is 0 Å². The summed E-state index contributed by atoms with van der Waals surface area (Å²) in [6.07, 6.45) is 31.6. The molecule has 0 aliphatic carbocycles. The third-order valence-electron chi connectivity index (χ3n) is 6.33. The Bertz CT molecular complexity index is 346. The third-order valence-corrected chi connectivity index (χ3v) is 6.90. The van der Waals surface area contributed by atoms with Gasteiger partial charge in [0.15, 0.2) is 0 Å². The van der Waals surface area contributed by atoms with Crippen molar-refractivity contribution < 1.29 is 9.53 Å². The van der Waals surface area contributed by atoms with E-state index in [2.05, 4.69) is 16.2 Å². The highest BCUT2D eigenvalue weighted by Crippen LogP contribution is 2.18. The molecule has 2 nitrogen and oxygen atoms in total. The average Bonchev–Trinajstić information content (AvgIpc) is 2.74. The molecular weight excluding hydrogens is 387 g/mol. The van der Waals surface area contributed by atoms with E-state index in [4.69, 9.17) is 4.74 Å². The first-order chi connectivity index (χ1) is 14.7. The van der Waals surface area contributed by atoms with Gasteiger partial charge in [-0.05, 0) is 12.1 Å². The van der Waals surface area contributed by atoms with Crippen LogP contribution in [0.2, 0.25) is 0 Å². The number of esters is 1. The van der Waals surface area contributed by atoms with E-state index in [1.165, 1.54) is 142 Å². The van der Waals surface area contributed by atoms with Crippen LogP contribution in [0.15, 0.2) is 0 Å². The summed E-state index contributed by atoms with van der Waals surface area (Å²) in [6.45, 7) is 2.29. The molecule has 2 atom stereocenters. The molecule has 0 saturated carbocycles. The maximum atomic E-state index is 11.2. The molecule has 0 aromatic carbocycles. The van der Waals surface area contributed by atoms with E-state index in [9.17, 15) is 4.79 Å². The van der Waals surface area contributed by atoms with Crippen LogP contribution >= 0.6 is 9.24 Å². The van der Waals surface area contributed by atoms with Crippen molar-refractivity contribution >= 4 is 15.2 Å². The number of hydrogen-bond acceptors (Lipinski definition) is 2. The minimum atomic E-state index is -0.0847. The molecule has 0 rings (SSSR count). The fraction of sp³-hybridized carbons (Fsp3) is 0.963. The number of rotatable bonds is 24. The molecule has 0 heterocycles. The minimum absolute atomic E-state index is 0.0847. The highest BCUT2D eigenvalue weighted by atomic mass is 31.0. The lowest BCUT2D eigenvalue weighted by Gasteiger charge is -2.09. The Labute approximate surface area is 192 Å². The van der Waals surface area contributed by atoms with Crippen molar-refractivity contribution in [1.29, 1.82) is 0 Å². The molecule has 0 saturated heterocycles. The smallest absolute Gasteiger partial charge is 0.306 e. The monoisotopic (exact) mass is 442 g/mol. The van der Waals surface area contributed by atoms with Crippen LogP contribution in [0.5, 0.6) is 0 Å². The first-order valence-corrected chi connectivity index (χ1v) is 14.2. The second kappa shape index (κ2) is 25.2. The molecular formula is C27H55O2P. The number of ether oxygens (including phenoxy) is 1. The largest absolute Gasteiger partial charge is 0.469 e. The van der Waals surface area contributed by atoms with Crippen LogP contribution in [-0.4, -0.2) is 18.7 Å². The van der Waals surface area contributed by atoms with Crippen molar-refractivity contribution in [3.05, 3.63) is 0 Å². The van der Waals surface area contributed by atoms with Crippen molar-refractivity contribution in [1.82, 2.24) is 0 Å². The Kier molecular flexibility index (Phi) is 25.1. The van der Waals surface area contributed by atoms with Gasteiger partial charge in [-0.2, -0.15) is 0 Å². The molecule has 0 aliphatic heterocycles. The Morgan fingerprint density at radius 3 is 1.20 bits per heavy atom. The normalized spacial score (nSPS) is 12.2. The van der Waals surface area contributed by atoms with E-state index in [0.29, 0.717) is 12.1 Å². The summed E-state index contributed by atoms with van der Waals surface area (Å²) >= 11 is 0. The lowest BCUT2D eigenvalue weighted by atomic mass is 10.0. The number of hydrogen-bond donors (Lipinski definition) is 0. The molecule has 0 N–H and O–H groups in total. The maximum Gasteiger partial charge on any atom is 0.306 e. The van der Waals surface area contributed by atoms with Crippen molar-refractivity contribution in [2.24, 2.45) is 0 Å². The van der Waals surface area contributed by atoms with Crippen LogP contribution in [-0.2, 0) is 9.53 Å². The third kappa shape index (κ3) is 24.2. The number of methoxy groups -OCH3 is 1. The predicted molar refractivity (Wildman–Crippen MR) is 137 cm³/mol. The van der Waals surface area contributed by atoms with Gasteiger partial charge in [0.05, 0.1) is 13.5 Å². The number of carbonyl (C=O) groups is 1. The van der Waals surface area contributed by atoms with Gasteiger partial charge >= 0.3 is 5.97 Å². The standard InChI is InChI=1S/C27H55O2P/c1-3-4-5-6-7-8-9-10-11-12-13-14-15-16-17-18-19-20-21-22-23-24-26(30)25-27(28)29-2/h26H,3-25,30H2,1-2H3. The molecule has 30 heavy (non-hydrogen) atoms. The van der Waals surface area contributed by atoms with E-state index in [-0.39, 0.29) is 5.97 Å². The van der Waals surface area contributed by atoms with Gasteiger partial charge in [0.1, 0.15) is 0 Å². The zero-order valence-electron chi connectivity index (χ0n) is 20.7. The van der Waals surface area contributed by atoms with Crippen LogP contribution in [0.3, 0.4) is 0 Å². The van der Waals surface area contributed by atoms with E-state index in [0.717, 1.165) is 6.42 Å². The van der Waals surface area contributed by atoms with Crippen molar-refractivity contribution in [3.63, 3.8) is 0 Å². The second-order valence-corrected chi connectivity index (χ2v) is 10.3. The van der Waals surface area contributed by atoms with Gasteiger partial charge in [-0.25, -0.2) is 0 Å². The summed E-state index contributed by atoms with van der Waals surface area (Å²) in [4.78, 5) is 11.2. The van der Waals surface area contributed by atoms with E-state index < -0.39 is 0 Å². The first-order valence-electron chi connectivity index (χ1n) is 13.5. The topological polar surface area (TPSA) is 26.3 Å². The molecule has 0 amide bonds. The molecule has 0 fully saturated rings. The fourth-order valence-corrected chi connectivity index (χ4v) is 4.67. The lowest BCUT2D eigenvalue weighted by Crippen LogP contribution is -2.08. The van der Waals surface area contributed by atoms with Crippen LogP contribution < -0.4 is 0 Å².